The standard InChI is InChI=1S/C8H10BNO3/c1-2-9-13-8-5-3-7(4-6-8)10(11)12/h3-6,9H,2H2,1H3. The molecule has 0 saturated heterocycles. The second-order valence-corrected chi connectivity index (χ2v) is 2.60. The number of nitro groups is 1. The van der Waals surface area contributed by atoms with Gasteiger partial charge in [0.25, 0.3) is 5.69 Å². The molecule has 0 saturated carbocycles. The van der Waals surface area contributed by atoms with Crippen LogP contribution in [0.2, 0.25) is 6.32 Å². The van der Waals surface area contributed by atoms with Crippen LogP contribution in [0, 0.1) is 10.1 Å². The molecule has 0 aliphatic rings. The molecule has 0 bridgehead atoms. The second kappa shape index (κ2) is 4.50. The molecule has 0 atom stereocenters. The first-order valence-electron chi connectivity index (χ1n) is 4.11. The zero-order valence-corrected chi connectivity index (χ0v) is 7.40. The number of non-ortho nitro benzene ring substituents is 1. The molecule has 1 rings (SSSR count). The van der Waals surface area contributed by atoms with Crippen molar-refractivity contribution in [2.45, 2.75) is 13.2 Å². The van der Waals surface area contributed by atoms with E-state index in [1.807, 2.05) is 6.92 Å². The van der Waals surface area contributed by atoms with Gasteiger partial charge in [-0.2, -0.15) is 0 Å². The highest BCUT2D eigenvalue weighted by molar-refractivity contribution is 6.28. The molecule has 0 heterocycles. The molecule has 0 spiro atoms. The van der Waals surface area contributed by atoms with Gasteiger partial charge in [0.1, 0.15) is 0 Å². The monoisotopic (exact) mass is 179 g/mol. The van der Waals surface area contributed by atoms with E-state index in [0.717, 1.165) is 6.32 Å². The van der Waals surface area contributed by atoms with Crippen LogP contribution in [0.4, 0.5) is 5.69 Å². The molecule has 5 heteroatoms. The summed E-state index contributed by atoms with van der Waals surface area (Å²) in [5.41, 5.74) is 0.0869. The van der Waals surface area contributed by atoms with E-state index in [-0.39, 0.29) is 5.69 Å². The van der Waals surface area contributed by atoms with Crippen LogP contribution < -0.4 is 4.65 Å². The van der Waals surface area contributed by atoms with Crippen LogP contribution in [-0.2, 0) is 0 Å². The maximum atomic E-state index is 10.3. The number of rotatable bonds is 4. The van der Waals surface area contributed by atoms with Crippen molar-refractivity contribution >= 4 is 13.2 Å². The van der Waals surface area contributed by atoms with E-state index in [1.54, 1.807) is 12.1 Å². The predicted octanol–water partition coefficient (Wildman–Crippen LogP) is 1.76. The Kier molecular flexibility index (Phi) is 3.31. The highest BCUT2D eigenvalue weighted by Crippen LogP contribution is 2.16. The Bertz CT molecular complexity index is 286. The van der Waals surface area contributed by atoms with Gasteiger partial charge >= 0.3 is 7.48 Å². The van der Waals surface area contributed by atoms with E-state index in [0.29, 0.717) is 13.2 Å². The zero-order chi connectivity index (χ0) is 9.68. The van der Waals surface area contributed by atoms with E-state index in [9.17, 15) is 10.1 Å². The number of hydrogen-bond acceptors (Lipinski definition) is 3. The van der Waals surface area contributed by atoms with Gasteiger partial charge in [-0.25, -0.2) is 0 Å². The van der Waals surface area contributed by atoms with Gasteiger partial charge in [-0.1, -0.05) is 6.92 Å². The fourth-order valence-corrected chi connectivity index (χ4v) is 0.884. The summed E-state index contributed by atoms with van der Waals surface area (Å²) < 4.78 is 5.27. The maximum Gasteiger partial charge on any atom is 0.339 e. The fourth-order valence-electron chi connectivity index (χ4n) is 0.884. The largest absolute Gasteiger partial charge is 0.564 e. The molecule has 4 nitrogen and oxygen atoms in total. The predicted molar refractivity (Wildman–Crippen MR) is 51.4 cm³/mol. The molecule has 0 aliphatic carbocycles. The molecular weight excluding hydrogens is 169 g/mol. The van der Waals surface area contributed by atoms with Gasteiger partial charge in [0.15, 0.2) is 0 Å². The molecule has 0 fully saturated rings. The third-order valence-electron chi connectivity index (χ3n) is 1.52. The Labute approximate surface area is 77.0 Å². The average Bonchev–Trinajstić information content (AvgIpc) is 2.15. The van der Waals surface area contributed by atoms with Gasteiger partial charge in [0.2, 0.25) is 0 Å². The lowest BCUT2D eigenvalue weighted by molar-refractivity contribution is -0.384. The Morgan fingerprint density at radius 3 is 2.54 bits per heavy atom. The smallest absolute Gasteiger partial charge is 0.339 e. The van der Waals surface area contributed by atoms with Crippen molar-refractivity contribution in [3.63, 3.8) is 0 Å². The van der Waals surface area contributed by atoms with Crippen molar-refractivity contribution in [3.05, 3.63) is 34.4 Å². The van der Waals surface area contributed by atoms with E-state index < -0.39 is 4.92 Å². The van der Waals surface area contributed by atoms with Crippen LogP contribution in [0.15, 0.2) is 24.3 Å². The van der Waals surface area contributed by atoms with Gasteiger partial charge in [-0.3, -0.25) is 10.1 Å². The highest BCUT2D eigenvalue weighted by atomic mass is 16.6. The van der Waals surface area contributed by atoms with Crippen LogP contribution in [0.25, 0.3) is 0 Å². The van der Waals surface area contributed by atoms with Crippen LogP contribution in [-0.4, -0.2) is 12.4 Å². The van der Waals surface area contributed by atoms with Gasteiger partial charge in [-0.15, -0.1) is 0 Å². The number of nitrogens with zero attached hydrogens (tertiary/aromatic N) is 1. The molecule has 68 valence electrons. The average molecular weight is 179 g/mol. The van der Waals surface area contributed by atoms with Crippen molar-refractivity contribution in [1.29, 1.82) is 0 Å². The molecule has 0 aromatic heterocycles. The normalized spacial score (nSPS) is 9.31. The van der Waals surface area contributed by atoms with Gasteiger partial charge in [0.05, 0.1) is 10.7 Å². The van der Waals surface area contributed by atoms with Crippen LogP contribution in [0.5, 0.6) is 5.75 Å². The molecular formula is C8H10BNO3. The minimum absolute atomic E-state index is 0.0869. The van der Waals surface area contributed by atoms with Crippen LogP contribution >= 0.6 is 0 Å². The molecule has 0 amide bonds. The topological polar surface area (TPSA) is 52.4 Å². The minimum Gasteiger partial charge on any atom is -0.564 e. The number of benzene rings is 1. The Hall–Kier alpha value is -1.52. The summed E-state index contributed by atoms with van der Waals surface area (Å²) in [5.74, 6) is 0.674. The first-order valence-corrected chi connectivity index (χ1v) is 4.11. The van der Waals surface area contributed by atoms with Gasteiger partial charge in [-0.05, 0) is 18.5 Å². The summed E-state index contributed by atoms with van der Waals surface area (Å²) >= 11 is 0. The van der Waals surface area contributed by atoms with Gasteiger partial charge < -0.3 is 4.65 Å². The van der Waals surface area contributed by atoms with E-state index in [2.05, 4.69) is 0 Å². The van der Waals surface area contributed by atoms with E-state index in [4.69, 9.17) is 4.65 Å². The SMILES string of the molecule is CCBOc1ccc([N+](=O)[O-])cc1. The van der Waals surface area contributed by atoms with Gasteiger partial charge in [0, 0.05) is 12.1 Å². The molecule has 0 unspecified atom stereocenters. The lowest BCUT2D eigenvalue weighted by atomic mass is 9.97. The highest BCUT2D eigenvalue weighted by Gasteiger charge is 2.03. The summed E-state index contributed by atoms with van der Waals surface area (Å²) in [5, 5.41) is 10.3. The Morgan fingerprint density at radius 1 is 1.46 bits per heavy atom. The lowest BCUT2D eigenvalue weighted by Crippen LogP contribution is -1.99. The Morgan fingerprint density at radius 2 is 2.08 bits per heavy atom. The quantitative estimate of drug-likeness (QED) is 0.402. The molecule has 0 aliphatic heterocycles. The summed E-state index contributed by atoms with van der Waals surface area (Å²) in [4.78, 5) is 9.86. The zero-order valence-electron chi connectivity index (χ0n) is 7.40. The third kappa shape index (κ3) is 2.78. The fraction of sp³-hybridized carbons (Fsp3) is 0.250. The van der Waals surface area contributed by atoms with Crippen LogP contribution in [0.3, 0.4) is 0 Å². The summed E-state index contributed by atoms with van der Waals surface area (Å²) in [6.45, 7) is 2.01. The van der Waals surface area contributed by atoms with Crippen LogP contribution in [0.1, 0.15) is 6.92 Å². The first kappa shape index (κ1) is 9.57. The molecule has 0 N–H and O–H groups in total. The molecule has 1 aromatic rings. The lowest BCUT2D eigenvalue weighted by Gasteiger charge is -2.02. The van der Waals surface area contributed by atoms with Crippen molar-refractivity contribution in [3.8, 4) is 5.75 Å². The van der Waals surface area contributed by atoms with E-state index in [1.165, 1.54) is 12.1 Å². The molecule has 0 radical (unpaired) electrons. The van der Waals surface area contributed by atoms with Crippen molar-refractivity contribution in [1.82, 2.24) is 0 Å². The second-order valence-electron chi connectivity index (χ2n) is 2.60. The maximum absolute atomic E-state index is 10.3. The Balaban J connectivity index is 2.64. The number of hydrogen-bond donors (Lipinski definition) is 0. The number of nitro benzene ring substituents is 1. The van der Waals surface area contributed by atoms with Crippen molar-refractivity contribution in [2.75, 3.05) is 0 Å². The molecule has 13 heavy (non-hydrogen) atoms. The van der Waals surface area contributed by atoms with E-state index >= 15 is 0 Å². The minimum atomic E-state index is -0.427. The summed E-state index contributed by atoms with van der Waals surface area (Å²) in [6, 6.07) is 6.08. The van der Waals surface area contributed by atoms with Crippen molar-refractivity contribution < 1.29 is 9.58 Å². The first-order chi connectivity index (χ1) is 6.24. The summed E-state index contributed by atoms with van der Waals surface area (Å²) in [7, 11) is 0.637. The third-order valence-corrected chi connectivity index (χ3v) is 1.52. The van der Waals surface area contributed by atoms with Crippen molar-refractivity contribution in [2.24, 2.45) is 0 Å². The molecule has 1 aromatic carbocycles. The summed E-state index contributed by atoms with van der Waals surface area (Å²) in [6.07, 6.45) is 0.928.